The second-order valence-corrected chi connectivity index (χ2v) is 37.9. The number of aromatic hydroxyl groups is 3. The number of alkyl halides is 1. The molecular formula is C89H125Br4N3O27S. The van der Waals surface area contributed by atoms with E-state index >= 15 is 0 Å². The van der Waals surface area contributed by atoms with E-state index in [1.807, 2.05) is 58.2 Å². The number of nitrogens with zero attached hydrogens (tertiary/aromatic N) is 2. The van der Waals surface area contributed by atoms with Gasteiger partial charge in [0, 0.05) is 153 Å². The largest absolute Gasteiger partial charge is 0.508 e. The first-order chi connectivity index (χ1) is 58.0. The fourth-order valence-electron chi connectivity index (χ4n) is 10.9. The number of carbonyl (C=O) groups is 7. The third-order valence-corrected chi connectivity index (χ3v) is 21.2. The van der Waals surface area contributed by atoms with E-state index in [0.29, 0.717) is 145 Å². The average molecular weight is 2020 g/mol. The number of benzene rings is 5. The van der Waals surface area contributed by atoms with Gasteiger partial charge in [0.25, 0.3) is 0 Å². The number of phenolic OH excluding ortho intramolecular Hbond substituents is 3. The van der Waals surface area contributed by atoms with Crippen molar-refractivity contribution in [3.8, 4) is 57.3 Å². The van der Waals surface area contributed by atoms with Crippen LogP contribution in [-0.4, -0.2) is 218 Å². The number of aldehydes is 4. The number of ether oxygens (including phenoxy) is 12. The van der Waals surface area contributed by atoms with Gasteiger partial charge in [-0.1, -0.05) is 78.2 Å². The Bertz CT molecular complexity index is 4490. The second kappa shape index (κ2) is 55.4. The van der Waals surface area contributed by atoms with Gasteiger partial charge in [-0.15, -0.1) is 0 Å². The fraction of sp³-hybridized carbons (Fsp3) is 0.528. The van der Waals surface area contributed by atoms with Gasteiger partial charge >= 0.3 is 28.5 Å². The van der Waals surface area contributed by atoms with E-state index < -0.39 is 56.5 Å². The molecule has 5 aromatic carbocycles. The molecule has 0 saturated carbocycles. The van der Waals surface area contributed by atoms with Crippen LogP contribution in [0.5, 0.6) is 46.0 Å². The fourth-order valence-corrected chi connectivity index (χ4v) is 13.9. The monoisotopic (exact) mass is 2020 g/mol. The number of methoxy groups -OCH3 is 5. The van der Waals surface area contributed by atoms with E-state index in [4.69, 9.17) is 66.1 Å². The molecule has 2 aliphatic rings. The standard InChI is InChI=1S/C23H36BrNO5.C22H26BrNO6.C11H13BrO4.C11H21NO5S.C11H14O4.C7H6O2.C4H9BrO/c1-22(2,3)20(25-21(27)30-23(4,5)6)10-9-16-14-19(29-12-8-11-28-7)18(24)13-17(16)15-26;1-22(2,3)20-12-30-18-10-19(29-7-5-6-28-4)15(23)8-13(18)16-9-17(25)14(21(26)27)11-24(16)20;1-15-3-2-4-16-11-6-10(14)8(7-13)5-9(11)12;1-10(2,3)8-7-16-18(14,15)12(8)9(13)17-11(4,5)6;1-14-5-2-6-15-10-4-3-9(8-12)11(13)7-10;8-5-6-1-3-7(9)4-2-6;1-6-4-2-3-5/h13-15,20H,8-12H2,1-7H3,(H,25,27);8-11,20H,5-7,12H2,1-4H3,(H,26,27);5-7,14H,2-4H2,1H3;8H,7H2,1-6H3;3-4,7-8,13H,2,5-6H2,1H3;1-5,9H;2-4H2,1H3/t2*20-;;8-;;;/m00.0.../s1. The highest BCUT2D eigenvalue weighted by atomic mass is 79.9. The van der Waals surface area contributed by atoms with Crippen molar-refractivity contribution in [1.82, 2.24) is 14.2 Å². The van der Waals surface area contributed by atoms with Crippen LogP contribution in [0, 0.1) is 16.2 Å². The van der Waals surface area contributed by atoms with Gasteiger partial charge in [-0.25, -0.2) is 14.4 Å². The summed E-state index contributed by atoms with van der Waals surface area (Å²) < 4.78 is 96.6. The van der Waals surface area contributed by atoms with E-state index in [-0.39, 0.29) is 63.5 Å². The molecule has 0 bridgehead atoms. The van der Waals surface area contributed by atoms with Crippen LogP contribution in [0.3, 0.4) is 0 Å². The minimum absolute atomic E-state index is 0.0366. The summed E-state index contributed by atoms with van der Waals surface area (Å²) >= 11 is 13.5. The molecule has 5 N–H and O–H groups in total. The summed E-state index contributed by atoms with van der Waals surface area (Å²) in [7, 11) is 4.24. The molecule has 0 spiro atoms. The summed E-state index contributed by atoms with van der Waals surface area (Å²) in [6.07, 6.45) is 8.35. The van der Waals surface area contributed by atoms with Gasteiger partial charge in [-0.05, 0) is 191 Å². The number of carboxylic acids is 1. The molecule has 1 saturated heterocycles. The van der Waals surface area contributed by atoms with Gasteiger partial charge < -0.3 is 87.2 Å². The van der Waals surface area contributed by atoms with Crippen LogP contribution >= 0.6 is 63.7 Å². The molecule has 3 atom stereocenters. The van der Waals surface area contributed by atoms with E-state index in [1.54, 1.807) is 86.7 Å². The van der Waals surface area contributed by atoms with Crippen LogP contribution in [0.25, 0.3) is 11.3 Å². The van der Waals surface area contributed by atoms with Gasteiger partial charge in [-0.2, -0.15) is 12.7 Å². The van der Waals surface area contributed by atoms with E-state index in [1.165, 1.54) is 48.7 Å². The Morgan fingerprint density at radius 1 is 0.548 bits per heavy atom. The topological polar surface area (TPSA) is 392 Å². The maximum absolute atomic E-state index is 12.5. The normalized spacial score (nSPS) is 14.0. The van der Waals surface area contributed by atoms with Crippen molar-refractivity contribution in [1.29, 1.82) is 0 Å². The maximum Gasteiger partial charge on any atom is 0.426 e. The lowest BCUT2D eigenvalue weighted by Gasteiger charge is -2.32. The number of aromatic nitrogens is 1. The lowest BCUT2D eigenvalue weighted by Crippen LogP contribution is -2.48. The number of phenols is 3. The van der Waals surface area contributed by atoms with Crippen LogP contribution in [0.1, 0.15) is 206 Å². The molecular weight excluding hydrogens is 1890 g/mol. The number of carbonyl (C=O) groups excluding carboxylic acids is 6. The van der Waals surface area contributed by atoms with Crippen LogP contribution < -0.4 is 34.4 Å². The lowest BCUT2D eigenvalue weighted by molar-refractivity contribution is 0.0278. The Kier molecular flexibility index (Phi) is 50.0. The Labute approximate surface area is 763 Å². The van der Waals surface area contributed by atoms with Crippen LogP contribution in [0.2, 0.25) is 0 Å². The van der Waals surface area contributed by atoms with Gasteiger partial charge in [0.1, 0.15) is 81.9 Å². The molecule has 0 aliphatic carbocycles. The van der Waals surface area contributed by atoms with Crippen molar-refractivity contribution >= 4 is 117 Å². The molecule has 1 fully saturated rings. The van der Waals surface area contributed by atoms with E-state index in [2.05, 4.69) is 111 Å². The van der Waals surface area contributed by atoms with Crippen LogP contribution in [0.4, 0.5) is 9.59 Å². The Hall–Kier alpha value is -8.23. The zero-order valence-electron chi connectivity index (χ0n) is 74.6. The number of carboxylic acid groups (broad SMARTS) is 1. The summed E-state index contributed by atoms with van der Waals surface area (Å²) in [5.74, 6) is 1.77. The number of aromatic carboxylic acids is 1. The van der Waals surface area contributed by atoms with Crippen molar-refractivity contribution in [2.24, 2.45) is 16.2 Å². The quantitative estimate of drug-likeness (QED) is 0.0149. The van der Waals surface area contributed by atoms with Gasteiger partial charge in [0.2, 0.25) is 0 Å². The summed E-state index contributed by atoms with van der Waals surface area (Å²) in [5.41, 5.74) is 0.950. The summed E-state index contributed by atoms with van der Waals surface area (Å²) in [4.78, 5) is 90.9. The van der Waals surface area contributed by atoms with Gasteiger partial charge in [0.05, 0.1) is 75.4 Å². The third-order valence-electron chi connectivity index (χ3n) is 17.4. The number of fused-ring (bicyclic) bond motifs is 3. The Morgan fingerprint density at radius 3 is 1.46 bits per heavy atom. The number of halogens is 4. The molecule has 6 aromatic rings. The SMILES string of the molecule is CC(C)(C)OC(=O)N1[C@H](C(C)(C)C)COS1(=O)=O.COCCCBr.COCCCOc1cc(CC[C@H](NC(=O)OC(C)(C)C)C(C)(C)C)c(C=O)cc1Br.COCCCOc1cc(O)c(C=O)cc1Br.COCCCOc1cc2c(cc1Br)-c1cc(=O)c(C(=O)O)cn1[C@H](C(C)(C)C)CO2.COCCCOc1ccc(C=O)c(O)c1.O=Cc1ccc(O)cc1. The average Bonchev–Trinajstić information content (AvgIpc) is 1.19. The molecule has 0 unspecified atom stereocenters. The van der Waals surface area contributed by atoms with Crippen LogP contribution in [0.15, 0.2) is 109 Å². The number of rotatable bonds is 32. The zero-order valence-corrected chi connectivity index (χ0v) is 81.8. The van der Waals surface area contributed by atoms with Crippen molar-refractivity contribution in [3.63, 3.8) is 0 Å². The molecule has 2 aliphatic heterocycles. The number of aryl methyl sites for hydroxylation is 1. The number of alkyl carbamates (subject to hydrolysis) is 1. The predicted octanol–water partition coefficient (Wildman–Crippen LogP) is 18.5. The first-order valence-corrected chi connectivity index (χ1v) is 44.6. The molecule has 35 heteroatoms. The molecule has 3 heterocycles. The highest BCUT2D eigenvalue weighted by Crippen LogP contribution is 2.45. The summed E-state index contributed by atoms with van der Waals surface area (Å²) in [6, 6.07) is 21.4. The van der Waals surface area contributed by atoms with Gasteiger partial charge in [-0.3, -0.25) is 28.2 Å². The van der Waals surface area contributed by atoms with Crippen LogP contribution in [-0.2, 0) is 54.1 Å². The Morgan fingerprint density at radius 2 is 1.02 bits per heavy atom. The number of hydrogen-bond donors (Lipinski definition) is 5. The smallest absolute Gasteiger partial charge is 0.426 e. The zero-order chi connectivity index (χ0) is 93.9. The molecule has 2 amide bonds. The Balaban J connectivity index is 0.000000515. The second-order valence-electron chi connectivity index (χ2n) is 33.0. The predicted molar refractivity (Wildman–Crippen MR) is 488 cm³/mol. The summed E-state index contributed by atoms with van der Waals surface area (Å²) in [6.45, 7) is 34.2. The third kappa shape index (κ3) is 41.0. The maximum atomic E-state index is 12.5. The molecule has 30 nitrogen and oxygen atoms in total. The minimum Gasteiger partial charge on any atom is -0.508 e. The first-order valence-electron chi connectivity index (χ1n) is 39.7. The minimum atomic E-state index is -4.03. The molecule has 0 radical (unpaired) electrons. The summed E-state index contributed by atoms with van der Waals surface area (Å²) in [5, 5.41) is 41.0. The van der Waals surface area contributed by atoms with Crippen molar-refractivity contribution in [2.75, 3.05) is 114 Å². The van der Waals surface area contributed by atoms with Crippen molar-refractivity contribution < 1.29 is 123 Å². The molecule has 8 rings (SSSR count). The van der Waals surface area contributed by atoms with Gasteiger partial charge in [0.15, 0.2) is 18.0 Å². The highest BCUT2D eigenvalue weighted by Gasteiger charge is 2.49. The van der Waals surface area contributed by atoms with E-state index in [0.717, 1.165) is 71.1 Å². The first kappa shape index (κ1) is 112. The number of nitrogens with one attached hydrogen (secondary N) is 1. The highest BCUT2D eigenvalue weighted by molar-refractivity contribution is 9.11. The van der Waals surface area contributed by atoms with Crippen molar-refractivity contribution in [2.45, 2.75) is 178 Å². The molecule has 124 heavy (non-hydrogen) atoms. The molecule has 692 valence electrons. The number of pyridine rings is 1. The van der Waals surface area contributed by atoms with E-state index in [9.17, 15) is 62.1 Å². The number of amides is 2. The lowest BCUT2D eigenvalue weighted by atomic mass is 9.83. The number of hydrogen-bond acceptors (Lipinski definition) is 26. The molecule has 1 aromatic heterocycles. The van der Waals surface area contributed by atoms with Crippen molar-refractivity contribution in [3.05, 3.63) is 148 Å².